The molecule has 1 aromatic rings. The fraction of sp³-hybridized carbons (Fsp3) is 0.542. The summed E-state index contributed by atoms with van der Waals surface area (Å²) in [6.45, 7) is 3.77. The third-order valence-corrected chi connectivity index (χ3v) is 5.89. The molecule has 12 heteroatoms. The molecule has 0 heterocycles. The molecule has 8 N–H and O–H groups in total. The van der Waals surface area contributed by atoms with Gasteiger partial charge in [-0.1, -0.05) is 44.2 Å². The summed E-state index contributed by atoms with van der Waals surface area (Å²) >= 11 is 1.55. The van der Waals surface area contributed by atoms with Gasteiger partial charge in [-0.05, 0) is 36.3 Å². The number of carboxylic acid groups (broad SMARTS) is 1. The molecule has 0 saturated carbocycles. The molecule has 0 radical (unpaired) electrons. The number of carbonyl (C=O) groups is 5. The maximum Gasteiger partial charge on any atom is 0.326 e. The minimum atomic E-state index is -1.55. The molecule has 0 aliphatic heterocycles. The maximum absolute atomic E-state index is 13.2. The Kier molecular flexibility index (Phi) is 13.6. The van der Waals surface area contributed by atoms with Gasteiger partial charge in [0, 0.05) is 6.42 Å². The van der Waals surface area contributed by atoms with Gasteiger partial charge in [0.1, 0.15) is 18.1 Å². The van der Waals surface area contributed by atoms with E-state index in [9.17, 15) is 29.1 Å². The molecule has 0 bridgehead atoms. The third-order valence-electron chi connectivity index (χ3n) is 5.25. The minimum Gasteiger partial charge on any atom is -0.480 e. The number of hydrogen-bond donors (Lipinski definition) is 6. The molecule has 0 aromatic heterocycles. The highest BCUT2D eigenvalue weighted by molar-refractivity contribution is 7.98. The highest BCUT2D eigenvalue weighted by atomic mass is 32.2. The van der Waals surface area contributed by atoms with Crippen molar-refractivity contribution >= 4 is 41.4 Å². The van der Waals surface area contributed by atoms with Crippen molar-refractivity contribution in [2.75, 3.05) is 12.0 Å². The number of rotatable bonds is 16. The number of carbonyl (C=O) groups excluding carboxylic acids is 4. The average Bonchev–Trinajstić information content (AvgIpc) is 2.80. The SMILES string of the molecule is CSCCC(N)C(=O)NC(CC(C)C)C(=O)NC(Cc1ccccc1)C(=O)NC(CC(N)=O)C(=O)O. The predicted octanol–water partition coefficient (Wildman–Crippen LogP) is -0.230. The largest absolute Gasteiger partial charge is 0.480 e. The van der Waals surface area contributed by atoms with E-state index in [1.807, 2.05) is 20.1 Å². The van der Waals surface area contributed by atoms with Gasteiger partial charge in [-0.2, -0.15) is 11.8 Å². The molecule has 1 rings (SSSR count). The van der Waals surface area contributed by atoms with Crippen molar-refractivity contribution in [3.8, 4) is 0 Å². The Morgan fingerprint density at radius 1 is 0.917 bits per heavy atom. The molecule has 0 fully saturated rings. The van der Waals surface area contributed by atoms with Gasteiger partial charge in [0.15, 0.2) is 0 Å². The summed E-state index contributed by atoms with van der Waals surface area (Å²) in [5, 5.41) is 16.9. The first-order valence-electron chi connectivity index (χ1n) is 11.6. The standard InChI is InChI=1S/C24H37N5O6S/c1-14(2)11-17(27-21(31)16(25)9-10-36-3)22(32)28-18(12-15-7-5-4-6-8-15)23(33)29-19(24(34)35)13-20(26)30/h4-8,14,16-19H,9-13,25H2,1-3H3,(H2,26,30)(H,27,31)(H,28,32)(H,29,33)(H,34,35). The van der Waals surface area contributed by atoms with Crippen molar-refractivity contribution in [2.24, 2.45) is 17.4 Å². The number of amides is 4. The van der Waals surface area contributed by atoms with Crippen molar-refractivity contribution in [1.82, 2.24) is 16.0 Å². The Morgan fingerprint density at radius 3 is 2.00 bits per heavy atom. The summed E-state index contributed by atoms with van der Waals surface area (Å²) in [6.07, 6.45) is 2.09. The van der Waals surface area contributed by atoms with Crippen LogP contribution in [0.3, 0.4) is 0 Å². The first-order valence-corrected chi connectivity index (χ1v) is 13.0. The molecule has 0 aliphatic rings. The molecular formula is C24H37N5O6S. The van der Waals surface area contributed by atoms with Crippen LogP contribution in [0, 0.1) is 5.92 Å². The van der Waals surface area contributed by atoms with Gasteiger partial charge >= 0.3 is 5.97 Å². The number of nitrogens with two attached hydrogens (primary N) is 2. The first kappa shape index (κ1) is 30.9. The van der Waals surface area contributed by atoms with E-state index in [-0.39, 0.29) is 12.3 Å². The van der Waals surface area contributed by atoms with Crippen LogP contribution in [0.4, 0.5) is 0 Å². The Bertz CT molecular complexity index is 898. The smallest absolute Gasteiger partial charge is 0.326 e. The van der Waals surface area contributed by atoms with Crippen LogP contribution in [0.15, 0.2) is 30.3 Å². The Balaban J connectivity index is 3.10. The normalized spacial score (nSPS) is 14.2. The Hall–Kier alpha value is -3.12. The molecular weight excluding hydrogens is 486 g/mol. The van der Waals surface area contributed by atoms with E-state index < -0.39 is 60.2 Å². The summed E-state index contributed by atoms with van der Waals surface area (Å²) in [7, 11) is 0. The van der Waals surface area contributed by atoms with Crippen LogP contribution in [0.25, 0.3) is 0 Å². The lowest BCUT2D eigenvalue weighted by Gasteiger charge is -2.26. The van der Waals surface area contributed by atoms with Crippen LogP contribution in [-0.4, -0.2) is 70.9 Å². The summed E-state index contributed by atoms with van der Waals surface area (Å²) < 4.78 is 0. The van der Waals surface area contributed by atoms with Crippen molar-refractivity contribution in [3.05, 3.63) is 35.9 Å². The molecule has 0 aliphatic carbocycles. The number of carboxylic acids is 1. The van der Waals surface area contributed by atoms with Crippen LogP contribution >= 0.6 is 11.8 Å². The van der Waals surface area contributed by atoms with Gasteiger partial charge in [-0.3, -0.25) is 19.2 Å². The lowest BCUT2D eigenvalue weighted by molar-refractivity contribution is -0.143. The van der Waals surface area contributed by atoms with Gasteiger partial charge < -0.3 is 32.5 Å². The van der Waals surface area contributed by atoms with Crippen LogP contribution in [0.1, 0.15) is 38.7 Å². The van der Waals surface area contributed by atoms with E-state index in [4.69, 9.17) is 11.5 Å². The molecule has 0 saturated heterocycles. The van der Waals surface area contributed by atoms with Crippen LogP contribution in [-0.2, 0) is 30.4 Å². The number of nitrogens with one attached hydrogen (secondary N) is 3. The highest BCUT2D eigenvalue weighted by Gasteiger charge is 2.31. The van der Waals surface area contributed by atoms with E-state index in [0.717, 1.165) is 0 Å². The summed E-state index contributed by atoms with van der Waals surface area (Å²) in [5.41, 5.74) is 11.8. The lowest BCUT2D eigenvalue weighted by atomic mass is 10.0. The van der Waals surface area contributed by atoms with E-state index in [0.29, 0.717) is 24.2 Å². The van der Waals surface area contributed by atoms with Gasteiger partial charge in [0.25, 0.3) is 0 Å². The molecule has 4 unspecified atom stereocenters. The number of hydrogen-bond acceptors (Lipinski definition) is 7. The van der Waals surface area contributed by atoms with Gasteiger partial charge in [0.2, 0.25) is 23.6 Å². The van der Waals surface area contributed by atoms with E-state index in [1.165, 1.54) is 0 Å². The zero-order valence-electron chi connectivity index (χ0n) is 20.9. The zero-order valence-corrected chi connectivity index (χ0v) is 21.7. The minimum absolute atomic E-state index is 0.0387. The predicted molar refractivity (Wildman–Crippen MR) is 138 cm³/mol. The maximum atomic E-state index is 13.2. The van der Waals surface area contributed by atoms with E-state index >= 15 is 0 Å². The van der Waals surface area contributed by atoms with Crippen LogP contribution in [0.5, 0.6) is 0 Å². The fourth-order valence-electron chi connectivity index (χ4n) is 3.36. The zero-order chi connectivity index (χ0) is 27.3. The van der Waals surface area contributed by atoms with Crippen LogP contribution in [0.2, 0.25) is 0 Å². The first-order chi connectivity index (χ1) is 16.9. The molecule has 4 amide bonds. The molecule has 36 heavy (non-hydrogen) atoms. The van der Waals surface area contributed by atoms with E-state index in [2.05, 4.69) is 16.0 Å². The number of primary amides is 1. The average molecular weight is 524 g/mol. The van der Waals surface area contributed by atoms with Gasteiger partial charge in [0.05, 0.1) is 12.5 Å². The van der Waals surface area contributed by atoms with E-state index in [1.54, 1.807) is 42.1 Å². The number of thioether (sulfide) groups is 1. The molecule has 0 spiro atoms. The van der Waals surface area contributed by atoms with Gasteiger partial charge in [-0.25, -0.2) is 4.79 Å². The number of benzene rings is 1. The summed E-state index contributed by atoms with van der Waals surface area (Å²) in [4.78, 5) is 61.5. The Morgan fingerprint density at radius 2 is 1.47 bits per heavy atom. The summed E-state index contributed by atoms with van der Waals surface area (Å²) in [5.74, 6) is -3.48. The van der Waals surface area contributed by atoms with Crippen molar-refractivity contribution in [3.63, 3.8) is 0 Å². The third kappa shape index (κ3) is 11.5. The van der Waals surface area contributed by atoms with Crippen LogP contribution < -0.4 is 27.4 Å². The second-order valence-corrected chi connectivity index (χ2v) is 9.89. The fourth-order valence-corrected chi connectivity index (χ4v) is 3.85. The number of aliphatic carboxylic acids is 1. The van der Waals surface area contributed by atoms with Crippen molar-refractivity contribution in [1.29, 1.82) is 0 Å². The molecule has 200 valence electrons. The van der Waals surface area contributed by atoms with Crippen molar-refractivity contribution < 1.29 is 29.1 Å². The monoisotopic (exact) mass is 523 g/mol. The van der Waals surface area contributed by atoms with Crippen molar-refractivity contribution in [2.45, 2.75) is 63.7 Å². The second kappa shape index (κ2) is 15.8. The molecule has 4 atom stereocenters. The Labute approximate surface area is 215 Å². The molecule has 1 aromatic carbocycles. The van der Waals surface area contributed by atoms with Gasteiger partial charge in [-0.15, -0.1) is 0 Å². The summed E-state index contributed by atoms with van der Waals surface area (Å²) in [6, 6.07) is 4.36. The highest BCUT2D eigenvalue weighted by Crippen LogP contribution is 2.09. The second-order valence-electron chi connectivity index (χ2n) is 8.90. The molecule has 11 nitrogen and oxygen atoms in total. The quantitative estimate of drug-likeness (QED) is 0.171. The topological polar surface area (TPSA) is 194 Å². The lowest BCUT2D eigenvalue weighted by Crippen LogP contribution is -2.58.